The number of carbonyl (C=O) groups excluding carboxylic acids is 9. The Morgan fingerprint density at radius 1 is 0.770 bits per heavy atom. The first kappa shape index (κ1) is 73.2. The van der Waals surface area contributed by atoms with E-state index in [0.717, 1.165) is 27.8 Å². The third-order valence-corrected chi connectivity index (χ3v) is 18.0. The number of unbranched alkanes of at least 4 members (excludes halogenated alkanes) is 2. The first-order valence-corrected chi connectivity index (χ1v) is 31.7. The first-order valence-electron chi connectivity index (χ1n) is 30.6. The van der Waals surface area contributed by atoms with E-state index in [9.17, 15) is 47.9 Å². The summed E-state index contributed by atoms with van der Waals surface area (Å²) >= 11 is 1.05. The van der Waals surface area contributed by atoms with E-state index in [1.165, 1.54) is 7.11 Å². The fourth-order valence-electron chi connectivity index (χ4n) is 11.8. The number of carboxylic acid groups (broad SMARTS) is 1. The van der Waals surface area contributed by atoms with Crippen LogP contribution in [-0.2, 0) is 70.4 Å². The number of methoxy groups -OCH3 is 2. The van der Waals surface area contributed by atoms with Crippen LogP contribution in [0.25, 0.3) is 0 Å². The van der Waals surface area contributed by atoms with Crippen molar-refractivity contribution in [3.63, 3.8) is 0 Å². The highest BCUT2D eigenvalue weighted by Gasteiger charge is 2.45. The van der Waals surface area contributed by atoms with Gasteiger partial charge in [0.05, 0.1) is 47.9 Å². The minimum absolute atomic E-state index is 0.00753. The van der Waals surface area contributed by atoms with Crippen molar-refractivity contribution < 1.29 is 62.5 Å². The van der Waals surface area contributed by atoms with Gasteiger partial charge in [-0.1, -0.05) is 122 Å². The second-order valence-corrected chi connectivity index (χ2v) is 25.1. The Labute approximate surface area is 518 Å². The number of rotatable bonds is 37. The number of nitrogens with zero attached hydrogens (tertiary/aromatic N) is 4. The standard InChI is InChI=1S/C63H98N10O13S/c1-12-41(6)56(48(85-10)35-52(76)72-33-22-28-47(72)57(86-11)42(7)58(78)66-46(34-43-24-16-13-17-25-43)59(79)65-37-44-26-18-14-19-27-44)71(9)55(40(4)5)61(81)67-60(80)54(39(2)3)70(8)31-23-30-51(75)69-68-50(74)29-20-15-21-32-73-53(77)36-49(62(73)82)87-38-45(64)63(83)84/h13-14,16-19,24-27,39-42,45-49,54-57H,12,15,20-23,28-38,64H2,1-11H3,(H,65,79)(H,66,78)(H,68,74)(H,69,75)(H,83,84)(H,67,80,81)/t41-,42+,45-,46-,47-,48+,49?,54-,55-,56-,57+/m0/s1. The van der Waals surface area contributed by atoms with Crippen molar-refractivity contribution in [1.29, 1.82) is 0 Å². The molecule has 2 aromatic rings. The average Bonchev–Trinajstić information content (AvgIpc) is 3.19. The van der Waals surface area contributed by atoms with Crippen molar-refractivity contribution in [3.05, 3.63) is 71.8 Å². The van der Waals surface area contributed by atoms with Crippen molar-refractivity contribution in [1.82, 2.24) is 46.4 Å². The molecule has 0 bridgehead atoms. The van der Waals surface area contributed by atoms with Gasteiger partial charge in [0.2, 0.25) is 53.2 Å². The van der Waals surface area contributed by atoms with Crippen LogP contribution < -0.4 is 32.5 Å². The third-order valence-electron chi connectivity index (χ3n) is 16.7. The zero-order valence-corrected chi connectivity index (χ0v) is 53.7. The number of thioether (sulfide) groups is 1. The number of likely N-dealkylation sites (tertiary alicyclic amines) is 2. The van der Waals surface area contributed by atoms with E-state index in [-0.39, 0.29) is 91.7 Å². The SMILES string of the molecule is CC[C@H](C)[C@@H]([C@@H](CC(=O)N1CCC[C@H]1[C@H](OC)[C@@H](C)C(=O)N[C@@H](Cc1ccccc1)C(=O)NCc1ccccc1)OC)N(C)[C@H](C(=O)NC(=O)[C@H](C(C)C)N(C)CCCC(=O)NNC(=O)CCCCCN1C(=O)CC(SC[C@H](N)C(=O)O)C1=O)C(C)C. The lowest BCUT2D eigenvalue weighted by molar-refractivity contribution is -0.145. The number of nitrogens with two attached hydrogens (primary N) is 1. The minimum Gasteiger partial charge on any atom is -0.480 e. The van der Waals surface area contributed by atoms with E-state index in [4.69, 9.17) is 20.3 Å². The molecule has 2 saturated heterocycles. The Morgan fingerprint density at radius 3 is 1.94 bits per heavy atom. The predicted molar refractivity (Wildman–Crippen MR) is 332 cm³/mol. The Bertz CT molecular complexity index is 2580. The van der Waals surface area contributed by atoms with Crippen LogP contribution >= 0.6 is 11.8 Å². The summed E-state index contributed by atoms with van der Waals surface area (Å²) in [4.78, 5) is 139. The molecular weight excluding hydrogens is 1140 g/mol. The maximum atomic E-state index is 14.7. The highest BCUT2D eigenvalue weighted by atomic mass is 32.2. The van der Waals surface area contributed by atoms with Crippen LogP contribution in [0.5, 0.6) is 0 Å². The molecule has 2 aliphatic heterocycles. The zero-order valence-electron chi connectivity index (χ0n) is 52.9. The van der Waals surface area contributed by atoms with Crippen LogP contribution in [0.2, 0.25) is 0 Å². The number of hydrogen-bond acceptors (Lipinski definition) is 16. The molecule has 0 aliphatic carbocycles. The van der Waals surface area contributed by atoms with Gasteiger partial charge in [0.15, 0.2) is 0 Å². The Morgan fingerprint density at radius 2 is 1.37 bits per heavy atom. The highest BCUT2D eigenvalue weighted by Crippen LogP contribution is 2.31. The molecule has 2 aromatic carbocycles. The minimum atomic E-state index is -1.18. The quantitative estimate of drug-likeness (QED) is 0.0287. The lowest BCUT2D eigenvalue weighted by atomic mass is 9.87. The maximum absolute atomic E-state index is 14.7. The van der Waals surface area contributed by atoms with Crippen LogP contribution in [0, 0.1) is 23.7 Å². The van der Waals surface area contributed by atoms with Gasteiger partial charge in [0.1, 0.15) is 12.1 Å². The number of likely N-dealkylation sites (N-methyl/N-ethyl adjacent to an activating group) is 2. The van der Waals surface area contributed by atoms with Crippen molar-refractivity contribution in [3.8, 4) is 0 Å². The molecule has 2 aliphatic rings. The first-order chi connectivity index (χ1) is 41.3. The predicted octanol–water partition coefficient (Wildman–Crippen LogP) is 3.81. The van der Waals surface area contributed by atoms with Crippen molar-refractivity contribution >= 4 is 70.9 Å². The monoisotopic (exact) mass is 1230 g/mol. The van der Waals surface area contributed by atoms with Gasteiger partial charge < -0.3 is 35.8 Å². The summed E-state index contributed by atoms with van der Waals surface area (Å²) in [6.45, 7) is 14.6. The molecule has 4 rings (SSSR count). The molecule has 23 nitrogen and oxygen atoms in total. The Hall–Kier alpha value is -6.31. The largest absolute Gasteiger partial charge is 0.480 e. The molecule has 2 fully saturated rings. The molecule has 11 atom stereocenters. The molecule has 2 heterocycles. The number of hydrazine groups is 1. The normalized spacial score (nSPS) is 18.4. The topological polar surface area (TPSA) is 309 Å². The van der Waals surface area contributed by atoms with Gasteiger partial charge in [-0.25, -0.2) is 0 Å². The van der Waals surface area contributed by atoms with Crippen LogP contribution in [0.3, 0.4) is 0 Å². The molecule has 1 unspecified atom stereocenters. The molecule has 87 heavy (non-hydrogen) atoms. The molecule has 24 heteroatoms. The number of carbonyl (C=O) groups is 10. The summed E-state index contributed by atoms with van der Waals surface area (Å²) in [6, 6.07) is 14.5. The van der Waals surface area contributed by atoms with Crippen molar-refractivity contribution in [2.45, 2.75) is 186 Å². The van der Waals surface area contributed by atoms with Crippen LogP contribution in [0.15, 0.2) is 60.7 Å². The fourth-order valence-corrected chi connectivity index (χ4v) is 12.9. The van der Waals surface area contributed by atoms with Gasteiger partial charge in [-0.3, -0.25) is 78.8 Å². The number of aliphatic carboxylic acids is 1. The van der Waals surface area contributed by atoms with E-state index in [0.29, 0.717) is 64.6 Å². The Kier molecular flexibility index (Phi) is 31.0. The zero-order chi connectivity index (χ0) is 64.5. The van der Waals surface area contributed by atoms with Gasteiger partial charge in [-0.15, -0.1) is 11.8 Å². The van der Waals surface area contributed by atoms with Gasteiger partial charge in [-0.2, -0.15) is 0 Å². The van der Waals surface area contributed by atoms with Crippen LogP contribution in [0.4, 0.5) is 0 Å². The number of nitrogens with one attached hydrogen (secondary N) is 5. The molecule has 484 valence electrons. The Balaban J connectivity index is 1.30. The van der Waals surface area contributed by atoms with E-state index in [1.54, 1.807) is 30.9 Å². The molecule has 0 saturated carbocycles. The molecule has 0 aromatic heterocycles. The number of hydrogen-bond donors (Lipinski definition) is 7. The fraction of sp³-hybridized carbons (Fsp3) is 0.651. The van der Waals surface area contributed by atoms with E-state index in [1.807, 2.05) is 114 Å². The lowest BCUT2D eigenvalue weighted by Crippen LogP contribution is -2.60. The maximum Gasteiger partial charge on any atom is 0.321 e. The van der Waals surface area contributed by atoms with E-state index < -0.39 is 89.2 Å². The molecular formula is C63H98N10O13S. The summed E-state index contributed by atoms with van der Waals surface area (Å²) in [7, 11) is 6.64. The molecule has 9 amide bonds. The summed E-state index contributed by atoms with van der Waals surface area (Å²) in [5.41, 5.74) is 12.2. The number of carboxylic acids is 1. The second-order valence-electron chi connectivity index (χ2n) is 23.8. The van der Waals surface area contributed by atoms with Crippen molar-refractivity contribution in [2.75, 3.05) is 53.7 Å². The van der Waals surface area contributed by atoms with Crippen LogP contribution in [0.1, 0.15) is 130 Å². The molecule has 8 N–H and O–H groups in total. The third kappa shape index (κ3) is 22.4. The van der Waals surface area contributed by atoms with Gasteiger partial charge in [0.25, 0.3) is 0 Å². The van der Waals surface area contributed by atoms with Gasteiger partial charge in [0, 0.05) is 71.3 Å². The van der Waals surface area contributed by atoms with Crippen molar-refractivity contribution in [2.24, 2.45) is 29.4 Å². The van der Waals surface area contributed by atoms with Gasteiger partial charge in [-0.05, 0) is 81.6 Å². The van der Waals surface area contributed by atoms with E-state index in [2.05, 4.69) is 26.8 Å². The highest BCUT2D eigenvalue weighted by molar-refractivity contribution is 8.00. The number of ether oxygens (including phenoxy) is 2. The summed E-state index contributed by atoms with van der Waals surface area (Å²) in [6.07, 6.45) is 2.69. The second kappa shape index (κ2) is 36.9. The van der Waals surface area contributed by atoms with Gasteiger partial charge >= 0.3 is 5.97 Å². The summed E-state index contributed by atoms with van der Waals surface area (Å²) < 4.78 is 12.2. The summed E-state index contributed by atoms with van der Waals surface area (Å²) in [5, 5.41) is 17.0. The lowest BCUT2D eigenvalue weighted by Gasteiger charge is -2.43. The molecule has 0 radical (unpaired) electrons. The average molecular weight is 1240 g/mol. The number of amides is 9. The summed E-state index contributed by atoms with van der Waals surface area (Å²) in [5.74, 6) is -5.98. The smallest absolute Gasteiger partial charge is 0.321 e. The molecule has 0 spiro atoms. The van der Waals surface area contributed by atoms with Crippen LogP contribution in [-0.4, -0.2) is 191 Å². The number of benzene rings is 2. The van der Waals surface area contributed by atoms with E-state index >= 15 is 0 Å². The number of imide groups is 2.